The quantitative estimate of drug-likeness (QED) is 0.728. The van der Waals surface area contributed by atoms with E-state index in [0.717, 1.165) is 6.54 Å². The first-order chi connectivity index (χ1) is 10.7. The molecule has 5 nitrogen and oxygen atoms in total. The van der Waals surface area contributed by atoms with E-state index < -0.39 is 18.2 Å². The monoisotopic (exact) mass is 332 g/mol. The maximum absolute atomic E-state index is 10.6. The number of nitrogens with zero attached hydrogens (tertiary/aromatic N) is 1. The molecule has 0 bridgehead atoms. The Hall–Kier alpha value is -1.90. The lowest BCUT2D eigenvalue weighted by Crippen LogP contribution is -2.40. The van der Waals surface area contributed by atoms with E-state index in [1.54, 1.807) is 0 Å². The van der Waals surface area contributed by atoms with E-state index in [4.69, 9.17) is 15.6 Å². The first-order valence-corrected chi connectivity index (χ1v) is 6.81. The molecule has 0 saturated carbocycles. The molecule has 1 aliphatic rings. The molecule has 4 N–H and O–H groups in total. The molecule has 1 saturated heterocycles. The Kier molecular flexibility index (Phi) is 6.74. The van der Waals surface area contributed by atoms with E-state index in [1.807, 2.05) is 24.3 Å². The zero-order valence-electron chi connectivity index (χ0n) is 12.3. The van der Waals surface area contributed by atoms with Crippen molar-refractivity contribution in [1.29, 1.82) is 0 Å². The molecule has 23 heavy (non-hydrogen) atoms. The number of halogens is 3. The van der Waals surface area contributed by atoms with Crippen LogP contribution in [0.2, 0.25) is 0 Å². The highest BCUT2D eigenvalue weighted by molar-refractivity contribution is 5.73. The van der Waals surface area contributed by atoms with Crippen molar-refractivity contribution < 1.29 is 28.2 Å². The third-order valence-corrected chi connectivity index (χ3v) is 3.39. The van der Waals surface area contributed by atoms with Crippen LogP contribution in [0.5, 0.6) is 0 Å². The van der Waals surface area contributed by atoms with Crippen LogP contribution in [0.3, 0.4) is 0 Å². The Morgan fingerprint density at radius 1 is 1.39 bits per heavy atom. The van der Waals surface area contributed by atoms with Gasteiger partial charge in [0.15, 0.2) is 0 Å². The molecule has 0 aliphatic carbocycles. The van der Waals surface area contributed by atoms with Gasteiger partial charge in [0, 0.05) is 19.1 Å². The highest BCUT2D eigenvalue weighted by Gasteiger charge is 2.38. The smallest absolute Gasteiger partial charge is 0.475 e. The summed E-state index contributed by atoms with van der Waals surface area (Å²) < 4.78 is 31.7. The lowest BCUT2D eigenvalue weighted by Gasteiger charge is -2.23. The van der Waals surface area contributed by atoms with Crippen LogP contribution in [0.15, 0.2) is 43.0 Å². The standard InChI is InChI=1S/C13H18N2O.C2HF3O2/c1-2-11-13(14)12(16)9-15(11)8-10-6-4-3-5-7-10;3-2(4,5)1(6)7/h2-7,11-13,16H,1,8-9,14H2;(H,6,7)/t11-,12+,13+;/m0./s1. The minimum Gasteiger partial charge on any atom is -0.475 e. The van der Waals surface area contributed by atoms with Crippen LogP contribution in [0.25, 0.3) is 0 Å². The summed E-state index contributed by atoms with van der Waals surface area (Å²) >= 11 is 0. The van der Waals surface area contributed by atoms with Gasteiger partial charge in [-0.15, -0.1) is 6.58 Å². The van der Waals surface area contributed by atoms with Crippen LogP contribution in [0.1, 0.15) is 5.56 Å². The van der Waals surface area contributed by atoms with E-state index in [2.05, 4.69) is 23.6 Å². The number of likely N-dealkylation sites (tertiary alicyclic amines) is 1. The maximum Gasteiger partial charge on any atom is 0.490 e. The highest BCUT2D eigenvalue weighted by Crippen LogP contribution is 2.20. The van der Waals surface area contributed by atoms with E-state index in [-0.39, 0.29) is 12.1 Å². The molecular formula is C15H19F3N2O3. The van der Waals surface area contributed by atoms with Crippen molar-refractivity contribution in [2.75, 3.05) is 6.54 Å². The molecule has 128 valence electrons. The predicted molar refractivity (Wildman–Crippen MR) is 78.5 cm³/mol. The van der Waals surface area contributed by atoms with E-state index in [1.165, 1.54) is 5.56 Å². The average molecular weight is 332 g/mol. The molecule has 1 aromatic carbocycles. The molecule has 0 amide bonds. The van der Waals surface area contributed by atoms with Crippen molar-refractivity contribution in [1.82, 2.24) is 4.90 Å². The second-order valence-electron chi connectivity index (χ2n) is 5.09. The summed E-state index contributed by atoms with van der Waals surface area (Å²) in [6.07, 6.45) is -3.71. The molecule has 3 atom stereocenters. The van der Waals surface area contributed by atoms with Crippen LogP contribution in [0.4, 0.5) is 13.2 Å². The number of hydrogen-bond acceptors (Lipinski definition) is 4. The molecule has 0 radical (unpaired) electrons. The number of carbonyl (C=O) groups is 1. The Bertz CT molecular complexity index is 522. The first kappa shape index (κ1) is 19.1. The second kappa shape index (κ2) is 8.09. The minimum absolute atomic E-state index is 0.0650. The fourth-order valence-corrected chi connectivity index (χ4v) is 2.25. The van der Waals surface area contributed by atoms with E-state index in [9.17, 15) is 18.3 Å². The molecular weight excluding hydrogens is 313 g/mol. The Labute approximate surface area is 131 Å². The summed E-state index contributed by atoms with van der Waals surface area (Å²) in [6.45, 7) is 5.21. The average Bonchev–Trinajstić information content (AvgIpc) is 2.74. The summed E-state index contributed by atoms with van der Waals surface area (Å²) in [5.41, 5.74) is 7.15. The number of aliphatic hydroxyl groups is 1. The topological polar surface area (TPSA) is 86.8 Å². The number of benzene rings is 1. The summed E-state index contributed by atoms with van der Waals surface area (Å²) in [5.74, 6) is -2.76. The van der Waals surface area contributed by atoms with Crippen molar-refractivity contribution in [3.05, 3.63) is 48.6 Å². The Balaban J connectivity index is 0.000000322. The van der Waals surface area contributed by atoms with E-state index in [0.29, 0.717) is 6.54 Å². The summed E-state index contributed by atoms with van der Waals surface area (Å²) in [7, 11) is 0. The lowest BCUT2D eigenvalue weighted by atomic mass is 10.1. The number of aliphatic carboxylic acids is 1. The Morgan fingerprint density at radius 2 is 1.91 bits per heavy atom. The number of aliphatic hydroxyl groups excluding tert-OH is 1. The van der Waals surface area contributed by atoms with Crippen molar-refractivity contribution in [2.24, 2.45) is 5.73 Å². The maximum atomic E-state index is 10.6. The van der Waals surface area contributed by atoms with Gasteiger partial charge in [-0.2, -0.15) is 13.2 Å². The SMILES string of the molecule is C=C[C@H]1[C@@H](N)[C@H](O)CN1Cc1ccccc1.O=C(O)C(F)(F)F. The molecule has 8 heteroatoms. The van der Waals surface area contributed by atoms with Crippen LogP contribution in [0, 0.1) is 0 Å². The van der Waals surface area contributed by atoms with Crippen LogP contribution < -0.4 is 5.73 Å². The molecule has 0 aromatic heterocycles. The van der Waals surface area contributed by atoms with Gasteiger partial charge in [-0.25, -0.2) is 4.79 Å². The molecule has 0 unspecified atom stereocenters. The lowest BCUT2D eigenvalue weighted by molar-refractivity contribution is -0.192. The number of alkyl halides is 3. The number of rotatable bonds is 3. The zero-order valence-corrected chi connectivity index (χ0v) is 12.3. The summed E-state index contributed by atoms with van der Waals surface area (Å²) in [5, 5.41) is 16.9. The number of carboxylic acid groups (broad SMARTS) is 1. The predicted octanol–water partition coefficient (Wildman–Crippen LogP) is 1.38. The second-order valence-corrected chi connectivity index (χ2v) is 5.09. The van der Waals surface area contributed by atoms with Gasteiger partial charge in [0.05, 0.1) is 12.1 Å². The van der Waals surface area contributed by atoms with Crippen LogP contribution in [-0.2, 0) is 11.3 Å². The fourth-order valence-electron chi connectivity index (χ4n) is 2.25. The largest absolute Gasteiger partial charge is 0.490 e. The molecule has 1 aromatic rings. The number of hydrogen-bond donors (Lipinski definition) is 3. The molecule has 0 spiro atoms. The zero-order chi connectivity index (χ0) is 17.6. The van der Waals surface area contributed by atoms with Gasteiger partial charge in [-0.3, -0.25) is 4.90 Å². The highest BCUT2D eigenvalue weighted by atomic mass is 19.4. The van der Waals surface area contributed by atoms with Crippen LogP contribution >= 0.6 is 0 Å². The van der Waals surface area contributed by atoms with Gasteiger partial charge in [-0.1, -0.05) is 36.4 Å². The molecule has 1 heterocycles. The van der Waals surface area contributed by atoms with E-state index >= 15 is 0 Å². The van der Waals surface area contributed by atoms with Gasteiger partial charge >= 0.3 is 12.1 Å². The normalized spacial score (nSPS) is 24.7. The van der Waals surface area contributed by atoms with Gasteiger partial charge in [0.1, 0.15) is 0 Å². The van der Waals surface area contributed by atoms with Crippen LogP contribution in [-0.4, -0.2) is 52.0 Å². The third-order valence-electron chi connectivity index (χ3n) is 3.39. The molecule has 2 rings (SSSR count). The van der Waals surface area contributed by atoms with Gasteiger partial charge in [-0.05, 0) is 5.56 Å². The number of carboxylic acids is 1. The van der Waals surface area contributed by atoms with Gasteiger partial charge < -0.3 is 15.9 Å². The van der Waals surface area contributed by atoms with Gasteiger partial charge in [0.25, 0.3) is 0 Å². The third kappa shape index (κ3) is 5.66. The van der Waals surface area contributed by atoms with Crippen molar-refractivity contribution in [3.63, 3.8) is 0 Å². The molecule has 1 aliphatic heterocycles. The van der Waals surface area contributed by atoms with Crippen molar-refractivity contribution in [3.8, 4) is 0 Å². The summed E-state index contributed by atoms with van der Waals surface area (Å²) in [6, 6.07) is 10.0. The van der Waals surface area contributed by atoms with Gasteiger partial charge in [0.2, 0.25) is 0 Å². The Morgan fingerprint density at radius 3 is 2.35 bits per heavy atom. The van der Waals surface area contributed by atoms with Crippen molar-refractivity contribution >= 4 is 5.97 Å². The fraction of sp³-hybridized carbons (Fsp3) is 0.400. The number of β-amino-alcohol motifs (C(OH)–C–C–N with tert-alkyl or cyclic N) is 1. The first-order valence-electron chi connectivity index (χ1n) is 6.81. The minimum atomic E-state index is -5.08. The summed E-state index contributed by atoms with van der Waals surface area (Å²) in [4.78, 5) is 11.1. The molecule has 1 fully saturated rings. The van der Waals surface area contributed by atoms with Crippen molar-refractivity contribution in [2.45, 2.75) is 30.9 Å². The number of nitrogens with two attached hydrogens (primary N) is 1.